The predicted molar refractivity (Wildman–Crippen MR) is 71.3 cm³/mol. The standard InChI is InChI=1S/C13H15F2N5O/c1-21-12-4-2-3-11(12)20-13(17-18-19-20)7-5-10(16)9(15)6-8(7)14/h5-6,11-12H,2-4,16H2,1H3. The van der Waals surface area contributed by atoms with Crippen LogP contribution in [0.3, 0.4) is 0 Å². The topological polar surface area (TPSA) is 78.8 Å². The van der Waals surface area contributed by atoms with Crippen LogP contribution in [0.25, 0.3) is 11.4 Å². The zero-order chi connectivity index (χ0) is 15.0. The summed E-state index contributed by atoms with van der Waals surface area (Å²) < 4.78 is 34.2. The average Bonchev–Trinajstić information content (AvgIpc) is 3.10. The number of nitrogens with zero attached hydrogens (tertiary/aromatic N) is 4. The number of hydrogen-bond acceptors (Lipinski definition) is 5. The Labute approximate surface area is 119 Å². The van der Waals surface area contributed by atoms with Gasteiger partial charge in [-0.25, -0.2) is 13.5 Å². The molecule has 2 atom stereocenters. The van der Waals surface area contributed by atoms with Crippen molar-refractivity contribution in [2.45, 2.75) is 31.4 Å². The number of benzene rings is 1. The van der Waals surface area contributed by atoms with E-state index in [9.17, 15) is 8.78 Å². The van der Waals surface area contributed by atoms with Gasteiger partial charge >= 0.3 is 0 Å². The molecule has 0 amide bonds. The third-order valence-electron chi connectivity index (χ3n) is 3.85. The largest absolute Gasteiger partial charge is 0.396 e. The van der Waals surface area contributed by atoms with Crippen molar-refractivity contribution in [3.8, 4) is 11.4 Å². The fraction of sp³-hybridized carbons (Fsp3) is 0.462. The quantitative estimate of drug-likeness (QED) is 0.875. The Bertz CT molecular complexity index is 660. The first-order chi connectivity index (χ1) is 10.1. The van der Waals surface area contributed by atoms with Crippen molar-refractivity contribution in [1.29, 1.82) is 0 Å². The number of ether oxygens (including phenoxy) is 1. The van der Waals surface area contributed by atoms with Gasteiger partial charge in [0.25, 0.3) is 0 Å². The normalized spacial score (nSPS) is 21.9. The van der Waals surface area contributed by atoms with E-state index < -0.39 is 11.6 Å². The summed E-state index contributed by atoms with van der Waals surface area (Å²) in [6.07, 6.45) is 2.70. The van der Waals surface area contributed by atoms with E-state index in [4.69, 9.17) is 10.5 Å². The number of methoxy groups -OCH3 is 1. The van der Waals surface area contributed by atoms with Crippen molar-refractivity contribution in [2.75, 3.05) is 12.8 Å². The molecule has 0 saturated heterocycles. The molecular formula is C13H15F2N5O. The van der Waals surface area contributed by atoms with E-state index in [0.717, 1.165) is 25.3 Å². The molecule has 0 bridgehead atoms. The van der Waals surface area contributed by atoms with Crippen LogP contribution >= 0.6 is 0 Å². The molecule has 1 fully saturated rings. The Morgan fingerprint density at radius 1 is 1.29 bits per heavy atom. The summed E-state index contributed by atoms with van der Waals surface area (Å²) in [5.41, 5.74) is 5.45. The highest BCUT2D eigenvalue weighted by Gasteiger charge is 2.32. The van der Waals surface area contributed by atoms with Gasteiger partial charge in [-0.1, -0.05) is 0 Å². The Balaban J connectivity index is 2.05. The van der Waals surface area contributed by atoms with Gasteiger partial charge in [-0.15, -0.1) is 5.10 Å². The molecule has 1 heterocycles. The third-order valence-corrected chi connectivity index (χ3v) is 3.85. The number of anilines is 1. The number of rotatable bonds is 3. The van der Waals surface area contributed by atoms with Crippen molar-refractivity contribution >= 4 is 5.69 Å². The van der Waals surface area contributed by atoms with Gasteiger partial charge in [-0.2, -0.15) is 0 Å². The van der Waals surface area contributed by atoms with Gasteiger partial charge in [-0.05, 0) is 35.8 Å². The minimum Gasteiger partial charge on any atom is -0.396 e. The van der Waals surface area contributed by atoms with Crippen LogP contribution in [0.4, 0.5) is 14.5 Å². The summed E-state index contributed by atoms with van der Waals surface area (Å²) in [7, 11) is 1.63. The fourth-order valence-electron chi connectivity index (χ4n) is 2.79. The molecule has 8 heteroatoms. The van der Waals surface area contributed by atoms with Crippen molar-refractivity contribution in [1.82, 2.24) is 20.2 Å². The van der Waals surface area contributed by atoms with E-state index >= 15 is 0 Å². The van der Waals surface area contributed by atoms with Gasteiger partial charge in [0.1, 0.15) is 11.6 Å². The maximum atomic E-state index is 14.0. The Hall–Kier alpha value is -2.09. The maximum absolute atomic E-state index is 14.0. The Morgan fingerprint density at radius 3 is 2.86 bits per heavy atom. The van der Waals surface area contributed by atoms with E-state index in [0.29, 0.717) is 0 Å². The molecule has 2 unspecified atom stereocenters. The fourth-order valence-corrected chi connectivity index (χ4v) is 2.79. The zero-order valence-corrected chi connectivity index (χ0v) is 11.5. The first-order valence-electron chi connectivity index (χ1n) is 6.67. The molecule has 0 spiro atoms. The van der Waals surface area contributed by atoms with E-state index in [2.05, 4.69) is 15.5 Å². The summed E-state index contributed by atoms with van der Waals surface area (Å²) in [6.45, 7) is 0. The molecule has 0 aliphatic heterocycles. The lowest BCUT2D eigenvalue weighted by Gasteiger charge is -2.19. The molecular weight excluding hydrogens is 280 g/mol. The minimum absolute atomic E-state index is 0.0203. The van der Waals surface area contributed by atoms with Gasteiger partial charge in [-0.3, -0.25) is 0 Å². The lowest BCUT2D eigenvalue weighted by molar-refractivity contribution is 0.0707. The number of halogens is 2. The molecule has 1 aliphatic rings. The second-order valence-electron chi connectivity index (χ2n) is 5.07. The van der Waals surface area contributed by atoms with Crippen LogP contribution in [-0.2, 0) is 4.74 Å². The third kappa shape index (κ3) is 2.35. The molecule has 1 aromatic heterocycles. The van der Waals surface area contributed by atoms with Crippen LogP contribution in [0.15, 0.2) is 12.1 Å². The number of nitrogens with two attached hydrogens (primary N) is 1. The summed E-state index contributed by atoms with van der Waals surface area (Å²) in [5.74, 6) is -1.32. The summed E-state index contributed by atoms with van der Waals surface area (Å²) in [6, 6.07) is 1.89. The molecule has 1 aliphatic carbocycles. The molecule has 1 aromatic carbocycles. The molecule has 2 aromatic rings. The lowest BCUT2D eigenvalue weighted by Crippen LogP contribution is -2.22. The SMILES string of the molecule is COC1CCCC1n1nnnc1-c1cc(N)c(F)cc1F. The number of tetrazole rings is 1. The molecule has 6 nitrogen and oxygen atoms in total. The Morgan fingerprint density at radius 2 is 2.10 bits per heavy atom. The zero-order valence-electron chi connectivity index (χ0n) is 11.5. The number of nitrogen functional groups attached to an aromatic ring is 1. The van der Waals surface area contributed by atoms with E-state index in [-0.39, 0.29) is 29.2 Å². The van der Waals surface area contributed by atoms with Crippen LogP contribution in [0.2, 0.25) is 0 Å². The summed E-state index contributed by atoms with van der Waals surface area (Å²) in [5, 5.41) is 11.4. The van der Waals surface area contributed by atoms with Crippen molar-refractivity contribution in [2.24, 2.45) is 0 Å². The van der Waals surface area contributed by atoms with Crippen LogP contribution in [0.5, 0.6) is 0 Å². The van der Waals surface area contributed by atoms with Crippen LogP contribution in [-0.4, -0.2) is 33.4 Å². The number of hydrogen-bond donors (Lipinski definition) is 1. The molecule has 1 saturated carbocycles. The Kier molecular flexibility index (Phi) is 3.54. The van der Waals surface area contributed by atoms with Crippen LogP contribution < -0.4 is 5.73 Å². The monoisotopic (exact) mass is 295 g/mol. The maximum Gasteiger partial charge on any atom is 0.185 e. The molecule has 21 heavy (non-hydrogen) atoms. The van der Waals surface area contributed by atoms with E-state index in [1.807, 2.05) is 0 Å². The highest BCUT2D eigenvalue weighted by atomic mass is 19.1. The van der Waals surface area contributed by atoms with Crippen molar-refractivity contribution < 1.29 is 13.5 Å². The van der Waals surface area contributed by atoms with Gasteiger partial charge in [0.2, 0.25) is 0 Å². The summed E-state index contributed by atoms with van der Waals surface area (Å²) >= 11 is 0. The van der Waals surface area contributed by atoms with Gasteiger partial charge in [0, 0.05) is 13.2 Å². The molecule has 112 valence electrons. The average molecular weight is 295 g/mol. The molecule has 0 radical (unpaired) electrons. The summed E-state index contributed by atoms with van der Waals surface area (Å²) in [4.78, 5) is 0. The van der Waals surface area contributed by atoms with E-state index in [1.54, 1.807) is 7.11 Å². The highest BCUT2D eigenvalue weighted by Crippen LogP contribution is 2.35. The van der Waals surface area contributed by atoms with Crippen molar-refractivity contribution in [3.63, 3.8) is 0 Å². The second-order valence-corrected chi connectivity index (χ2v) is 5.07. The number of aromatic nitrogens is 4. The second kappa shape index (κ2) is 5.36. The lowest BCUT2D eigenvalue weighted by atomic mass is 10.1. The smallest absolute Gasteiger partial charge is 0.185 e. The molecule has 3 rings (SSSR count). The van der Waals surface area contributed by atoms with E-state index in [1.165, 1.54) is 10.7 Å². The van der Waals surface area contributed by atoms with Gasteiger partial charge < -0.3 is 10.5 Å². The first kappa shape index (κ1) is 13.9. The minimum atomic E-state index is -0.800. The van der Waals surface area contributed by atoms with Gasteiger partial charge in [0.05, 0.1) is 23.4 Å². The van der Waals surface area contributed by atoms with Crippen molar-refractivity contribution in [3.05, 3.63) is 23.8 Å². The van der Waals surface area contributed by atoms with Crippen LogP contribution in [0, 0.1) is 11.6 Å². The molecule has 2 N–H and O–H groups in total. The highest BCUT2D eigenvalue weighted by molar-refractivity contribution is 5.62. The van der Waals surface area contributed by atoms with Crippen LogP contribution in [0.1, 0.15) is 25.3 Å². The van der Waals surface area contributed by atoms with Gasteiger partial charge in [0.15, 0.2) is 5.82 Å². The predicted octanol–water partition coefficient (Wildman–Crippen LogP) is 1.94. The first-order valence-corrected chi connectivity index (χ1v) is 6.67.